The lowest BCUT2D eigenvalue weighted by atomic mass is 9.75. The number of piperidine rings is 1. The molecular weight excluding hydrogens is 220 g/mol. The number of aliphatic hydroxyl groups is 1. The molecule has 0 aromatic heterocycles. The van der Waals surface area contributed by atoms with Crippen molar-refractivity contribution in [1.82, 2.24) is 10.6 Å². The zero-order valence-electron chi connectivity index (χ0n) is 10.8. The molecule has 3 N–H and O–H groups in total. The number of rotatable bonds is 6. The van der Waals surface area contributed by atoms with Gasteiger partial charge in [0.1, 0.15) is 0 Å². The van der Waals surface area contributed by atoms with Gasteiger partial charge in [-0.25, -0.2) is 0 Å². The summed E-state index contributed by atoms with van der Waals surface area (Å²) in [5.74, 6) is 0.0533. The van der Waals surface area contributed by atoms with Gasteiger partial charge in [0.15, 0.2) is 0 Å². The van der Waals surface area contributed by atoms with Crippen molar-refractivity contribution in [2.75, 3.05) is 33.4 Å². The standard InChI is InChI=1S/C12H24N2O3/c1-3-12(4-6-13-7-5-12)11(16)14-10(8-15)9-17-2/h10,13,15H,3-9H2,1-2H3,(H,14,16). The van der Waals surface area contributed by atoms with Gasteiger partial charge in [-0.2, -0.15) is 0 Å². The van der Waals surface area contributed by atoms with E-state index in [0.717, 1.165) is 32.4 Å². The number of carbonyl (C=O) groups excluding carboxylic acids is 1. The van der Waals surface area contributed by atoms with E-state index in [-0.39, 0.29) is 24.0 Å². The Kier molecular flexibility index (Phi) is 5.88. The van der Waals surface area contributed by atoms with Gasteiger partial charge in [0, 0.05) is 7.11 Å². The van der Waals surface area contributed by atoms with Gasteiger partial charge in [-0.05, 0) is 32.4 Å². The molecule has 1 aliphatic heterocycles. The lowest BCUT2D eigenvalue weighted by Crippen LogP contribution is -2.51. The molecule has 1 saturated heterocycles. The van der Waals surface area contributed by atoms with Crippen LogP contribution in [0.1, 0.15) is 26.2 Å². The highest BCUT2D eigenvalue weighted by Gasteiger charge is 2.38. The van der Waals surface area contributed by atoms with E-state index in [2.05, 4.69) is 17.6 Å². The number of methoxy groups -OCH3 is 1. The molecule has 0 bridgehead atoms. The minimum atomic E-state index is -0.300. The number of hydrogen-bond acceptors (Lipinski definition) is 4. The van der Waals surface area contributed by atoms with Crippen LogP contribution in [0.2, 0.25) is 0 Å². The van der Waals surface area contributed by atoms with Gasteiger partial charge < -0.3 is 20.5 Å². The largest absolute Gasteiger partial charge is 0.394 e. The Morgan fingerprint density at radius 3 is 2.65 bits per heavy atom. The Morgan fingerprint density at radius 2 is 2.18 bits per heavy atom. The molecule has 1 fully saturated rings. The molecule has 1 heterocycles. The van der Waals surface area contributed by atoms with Gasteiger partial charge in [-0.15, -0.1) is 0 Å². The summed E-state index contributed by atoms with van der Waals surface area (Å²) < 4.78 is 4.96. The van der Waals surface area contributed by atoms with Crippen molar-refractivity contribution < 1.29 is 14.6 Å². The molecule has 1 rings (SSSR count). The van der Waals surface area contributed by atoms with Crippen LogP contribution in [0.4, 0.5) is 0 Å². The van der Waals surface area contributed by atoms with Crippen LogP contribution in [-0.4, -0.2) is 50.5 Å². The molecule has 1 amide bonds. The van der Waals surface area contributed by atoms with Gasteiger partial charge >= 0.3 is 0 Å². The minimum absolute atomic E-state index is 0.0533. The average Bonchev–Trinajstić information content (AvgIpc) is 2.38. The lowest BCUT2D eigenvalue weighted by Gasteiger charge is -2.36. The molecule has 0 radical (unpaired) electrons. The summed E-state index contributed by atoms with van der Waals surface area (Å²) in [5.41, 5.74) is -0.271. The number of aliphatic hydroxyl groups excluding tert-OH is 1. The maximum Gasteiger partial charge on any atom is 0.226 e. The van der Waals surface area contributed by atoms with E-state index < -0.39 is 0 Å². The van der Waals surface area contributed by atoms with Crippen molar-refractivity contribution in [2.45, 2.75) is 32.2 Å². The molecule has 0 aliphatic carbocycles. The second kappa shape index (κ2) is 6.93. The maximum absolute atomic E-state index is 12.3. The highest BCUT2D eigenvalue weighted by molar-refractivity contribution is 5.83. The highest BCUT2D eigenvalue weighted by Crippen LogP contribution is 2.32. The van der Waals surface area contributed by atoms with Gasteiger partial charge in [-0.3, -0.25) is 4.79 Å². The van der Waals surface area contributed by atoms with Crippen LogP contribution in [0.3, 0.4) is 0 Å². The molecule has 0 spiro atoms. The summed E-state index contributed by atoms with van der Waals surface area (Å²) in [5, 5.41) is 15.3. The van der Waals surface area contributed by atoms with E-state index in [1.165, 1.54) is 0 Å². The molecule has 0 aromatic carbocycles. The zero-order chi connectivity index (χ0) is 12.7. The predicted octanol–water partition coefficient (Wildman–Crippen LogP) is -0.110. The third-order valence-corrected chi connectivity index (χ3v) is 3.64. The fourth-order valence-corrected chi connectivity index (χ4v) is 2.33. The SMILES string of the molecule is CCC1(C(=O)NC(CO)COC)CCNCC1. The predicted molar refractivity (Wildman–Crippen MR) is 65.7 cm³/mol. The maximum atomic E-state index is 12.3. The second-order valence-corrected chi connectivity index (χ2v) is 4.69. The van der Waals surface area contributed by atoms with Gasteiger partial charge in [0.05, 0.1) is 24.7 Å². The molecule has 1 atom stereocenters. The molecular formula is C12H24N2O3. The molecule has 17 heavy (non-hydrogen) atoms. The quantitative estimate of drug-likeness (QED) is 0.610. The van der Waals surface area contributed by atoms with Crippen molar-refractivity contribution in [3.8, 4) is 0 Å². The van der Waals surface area contributed by atoms with Crippen LogP contribution in [-0.2, 0) is 9.53 Å². The van der Waals surface area contributed by atoms with Crippen molar-refractivity contribution in [2.24, 2.45) is 5.41 Å². The Balaban J connectivity index is 2.58. The molecule has 1 unspecified atom stereocenters. The summed E-state index contributed by atoms with van der Waals surface area (Å²) in [7, 11) is 1.56. The number of ether oxygens (including phenoxy) is 1. The van der Waals surface area contributed by atoms with Crippen LogP contribution in [0.5, 0.6) is 0 Å². The monoisotopic (exact) mass is 244 g/mol. The first kappa shape index (κ1) is 14.4. The Morgan fingerprint density at radius 1 is 1.53 bits per heavy atom. The van der Waals surface area contributed by atoms with E-state index >= 15 is 0 Å². The summed E-state index contributed by atoms with van der Waals surface area (Å²) in [6.45, 7) is 4.08. The number of carbonyl (C=O) groups is 1. The zero-order valence-corrected chi connectivity index (χ0v) is 10.8. The van der Waals surface area contributed by atoms with E-state index in [0.29, 0.717) is 6.61 Å². The second-order valence-electron chi connectivity index (χ2n) is 4.69. The number of hydrogen-bond donors (Lipinski definition) is 3. The van der Waals surface area contributed by atoms with Crippen molar-refractivity contribution in [1.29, 1.82) is 0 Å². The number of amides is 1. The Bertz CT molecular complexity index is 240. The number of nitrogens with one attached hydrogen (secondary N) is 2. The molecule has 0 saturated carbocycles. The topological polar surface area (TPSA) is 70.6 Å². The lowest BCUT2D eigenvalue weighted by molar-refractivity contribution is -0.134. The van der Waals surface area contributed by atoms with E-state index in [4.69, 9.17) is 9.84 Å². The average molecular weight is 244 g/mol. The van der Waals surface area contributed by atoms with Crippen molar-refractivity contribution >= 4 is 5.91 Å². The van der Waals surface area contributed by atoms with Crippen LogP contribution in [0.15, 0.2) is 0 Å². The summed E-state index contributed by atoms with van der Waals surface area (Å²) in [6.07, 6.45) is 2.56. The van der Waals surface area contributed by atoms with Gasteiger partial charge in [0.2, 0.25) is 5.91 Å². The Hall–Kier alpha value is -0.650. The van der Waals surface area contributed by atoms with Gasteiger partial charge in [-0.1, -0.05) is 6.92 Å². The highest BCUT2D eigenvalue weighted by atomic mass is 16.5. The van der Waals surface area contributed by atoms with E-state index in [1.54, 1.807) is 7.11 Å². The first-order valence-electron chi connectivity index (χ1n) is 6.30. The summed E-state index contributed by atoms with van der Waals surface area (Å²) >= 11 is 0. The third kappa shape index (κ3) is 3.66. The molecule has 1 aliphatic rings. The van der Waals surface area contributed by atoms with Crippen LogP contribution < -0.4 is 10.6 Å². The summed E-state index contributed by atoms with van der Waals surface area (Å²) in [4.78, 5) is 12.3. The van der Waals surface area contributed by atoms with Crippen LogP contribution in [0, 0.1) is 5.41 Å². The van der Waals surface area contributed by atoms with Crippen LogP contribution >= 0.6 is 0 Å². The molecule has 100 valence electrons. The van der Waals surface area contributed by atoms with Crippen molar-refractivity contribution in [3.05, 3.63) is 0 Å². The first-order chi connectivity index (χ1) is 8.18. The van der Waals surface area contributed by atoms with E-state index in [1.807, 2.05) is 0 Å². The molecule has 5 nitrogen and oxygen atoms in total. The van der Waals surface area contributed by atoms with E-state index in [9.17, 15) is 4.79 Å². The molecule has 5 heteroatoms. The Labute approximate surface area is 103 Å². The normalized spacial score (nSPS) is 20.9. The third-order valence-electron chi connectivity index (χ3n) is 3.64. The first-order valence-corrected chi connectivity index (χ1v) is 6.30. The molecule has 0 aromatic rings. The smallest absolute Gasteiger partial charge is 0.226 e. The minimum Gasteiger partial charge on any atom is -0.394 e. The van der Waals surface area contributed by atoms with Crippen molar-refractivity contribution in [3.63, 3.8) is 0 Å². The fourth-order valence-electron chi connectivity index (χ4n) is 2.33. The van der Waals surface area contributed by atoms with Crippen LogP contribution in [0.25, 0.3) is 0 Å². The fraction of sp³-hybridized carbons (Fsp3) is 0.917. The summed E-state index contributed by atoms with van der Waals surface area (Å²) in [6, 6.07) is -0.300. The van der Waals surface area contributed by atoms with Gasteiger partial charge in [0.25, 0.3) is 0 Å².